The summed E-state index contributed by atoms with van der Waals surface area (Å²) in [6.07, 6.45) is 3.49. The highest BCUT2D eigenvalue weighted by atomic mass is 16.7. The number of carboxylic acids is 1. The molecule has 2 rings (SSSR count). The fourth-order valence-corrected chi connectivity index (χ4v) is 3.44. The van der Waals surface area contributed by atoms with E-state index in [0.717, 1.165) is 19.3 Å². The predicted octanol–water partition coefficient (Wildman–Crippen LogP) is 1.67. The van der Waals surface area contributed by atoms with Crippen molar-refractivity contribution in [1.29, 1.82) is 0 Å². The van der Waals surface area contributed by atoms with Gasteiger partial charge >= 0.3 is 5.97 Å². The van der Waals surface area contributed by atoms with Gasteiger partial charge in [0.05, 0.1) is 17.6 Å². The Morgan fingerprint density at radius 2 is 1.94 bits per heavy atom. The summed E-state index contributed by atoms with van der Waals surface area (Å²) in [5.74, 6) is -0.819. The van der Waals surface area contributed by atoms with Gasteiger partial charge in [0.2, 0.25) is 6.41 Å². The van der Waals surface area contributed by atoms with Gasteiger partial charge in [0.1, 0.15) is 0 Å². The van der Waals surface area contributed by atoms with Crippen molar-refractivity contribution >= 4 is 12.4 Å². The Balaban J connectivity index is 2.18. The zero-order valence-electron chi connectivity index (χ0n) is 11.1. The number of amides is 1. The molecule has 2 saturated carbocycles. The summed E-state index contributed by atoms with van der Waals surface area (Å²) in [7, 11) is 0. The molecule has 0 saturated heterocycles. The monoisotopic (exact) mass is 255 g/mol. The van der Waals surface area contributed by atoms with Crippen molar-refractivity contribution in [2.45, 2.75) is 51.7 Å². The second kappa shape index (κ2) is 4.53. The number of carboxylic acid groups (broad SMARTS) is 1. The topological polar surface area (TPSA) is 66.8 Å². The lowest BCUT2D eigenvalue weighted by Crippen LogP contribution is -2.49. The Labute approximate surface area is 107 Å². The minimum atomic E-state index is -0.809. The molecule has 0 radical (unpaired) electrons. The molecule has 2 fully saturated rings. The molecular weight excluding hydrogens is 234 g/mol. The van der Waals surface area contributed by atoms with Crippen molar-refractivity contribution in [1.82, 2.24) is 5.06 Å². The molecule has 0 aliphatic heterocycles. The molecule has 1 amide bonds. The molecular formula is C13H21NO4. The maximum absolute atomic E-state index is 11.4. The Bertz CT molecular complexity index is 349. The van der Waals surface area contributed by atoms with Crippen LogP contribution in [-0.2, 0) is 14.4 Å². The molecule has 0 heterocycles. The van der Waals surface area contributed by atoms with Crippen LogP contribution in [0.3, 0.4) is 0 Å². The quantitative estimate of drug-likeness (QED) is 0.613. The van der Waals surface area contributed by atoms with Crippen molar-refractivity contribution in [3.8, 4) is 0 Å². The summed E-state index contributed by atoms with van der Waals surface area (Å²) in [5.41, 5.74) is -0.494. The fraction of sp³-hybridized carbons (Fsp3) is 0.846. The number of rotatable bonds is 4. The normalized spacial score (nSPS) is 34.6. The van der Waals surface area contributed by atoms with Crippen LogP contribution < -0.4 is 0 Å². The average Bonchev–Trinajstić information content (AvgIpc) is 2.83. The first-order valence-electron chi connectivity index (χ1n) is 6.49. The van der Waals surface area contributed by atoms with Gasteiger partial charge in [-0.15, -0.1) is 0 Å². The Hall–Kier alpha value is -1.10. The van der Waals surface area contributed by atoms with E-state index in [1.165, 1.54) is 5.06 Å². The van der Waals surface area contributed by atoms with Gasteiger partial charge in [0.15, 0.2) is 0 Å². The molecule has 18 heavy (non-hydrogen) atoms. The summed E-state index contributed by atoms with van der Waals surface area (Å²) in [5, 5.41) is 10.6. The summed E-state index contributed by atoms with van der Waals surface area (Å²) in [6.45, 7) is 5.56. The minimum Gasteiger partial charge on any atom is -0.481 e. The van der Waals surface area contributed by atoms with Crippen molar-refractivity contribution < 1.29 is 19.5 Å². The molecule has 1 N–H and O–H groups in total. The molecule has 2 bridgehead atoms. The van der Waals surface area contributed by atoms with Crippen LogP contribution in [0.4, 0.5) is 0 Å². The van der Waals surface area contributed by atoms with Crippen LogP contribution in [-0.4, -0.2) is 34.2 Å². The summed E-state index contributed by atoms with van der Waals surface area (Å²) in [6, 6.07) is -0.307. The van der Waals surface area contributed by atoms with E-state index in [2.05, 4.69) is 0 Å². The molecule has 0 spiro atoms. The lowest BCUT2D eigenvalue weighted by atomic mass is 9.84. The second-order valence-corrected chi connectivity index (χ2v) is 6.36. The molecule has 4 atom stereocenters. The van der Waals surface area contributed by atoms with Gasteiger partial charge < -0.3 is 5.11 Å². The zero-order chi connectivity index (χ0) is 13.5. The van der Waals surface area contributed by atoms with E-state index in [-0.39, 0.29) is 17.9 Å². The van der Waals surface area contributed by atoms with Crippen LogP contribution in [0.15, 0.2) is 0 Å². The van der Waals surface area contributed by atoms with Crippen LogP contribution in [0, 0.1) is 17.8 Å². The van der Waals surface area contributed by atoms with Crippen molar-refractivity contribution in [2.24, 2.45) is 17.8 Å². The van der Waals surface area contributed by atoms with E-state index in [1.54, 1.807) is 0 Å². The smallest absolute Gasteiger partial charge is 0.308 e. The second-order valence-electron chi connectivity index (χ2n) is 6.36. The maximum Gasteiger partial charge on any atom is 0.308 e. The Morgan fingerprint density at radius 3 is 2.44 bits per heavy atom. The summed E-state index contributed by atoms with van der Waals surface area (Å²) < 4.78 is 0. The van der Waals surface area contributed by atoms with E-state index in [9.17, 15) is 14.7 Å². The third-order valence-electron chi connectivity index (χ3n) is 3.93. The predicted molar refractivity (Wildman–Crippen MR) is 64.5 cm³/mol. The Kier molecular flexibility index (Phi) is 3.36. The highest BCUT2D eigenvalue weighted by Gasteiger charge is 2.54. The first-order valence-corrected chi connectivity index (χ1v) is 6.49. The number of nitrogens with zero attached hydrogens (tertiary/aromatic N) is 1. The van der Waals surface area contributed by atoms with Crippen molar-refractivity contribution in [3.05, 3.63) is 0 Å². The highest BCUT2D eigenvalue weighted by Crippen LogP contribution is 2.50. The molecule has 4 unspecified atom stereocenters. The van der Waals surface area contributed by atoms with E-state index >= 15 is 0 Å². The van der Waals surface area contributed by atoms with E-state index < -0.39 is 17.5 Å². The highest BCUT2D eigenvalue weighted by molar-refractivity contribution is 5.72. The summed E-state index contributed by atoms with van der Waals surface area (Å²) in [4.78, 5) is 28.2. The summed E-state index contributed by atoms with van der Waals surface area (Å²) >= 11 is 0. The first-order chi connectivity index (χ1) is 8.33. The van der Waals surface area contributed by atoms with Crippen LogP contribution in [0.1, 0.15) is 40.0 Å². The number of carbonyl (C=O) groups is 2. The largest absolute Gasteiger partial charge is 0.481 e. The zero-order valence-corrected chi connectivity index (χ0v) is 11.1. The molecule has 5 heteroatoms. The third kappa shape index (κ3) is 2.36. The fourth-order valence-electron chi connectivity index (χ4n) is 3.44. The molecule has 0 aromatic rings. The average molecular weight is 255 g/mol. The maximum atomic E-state index is 11.4. The van der Waals surface area contributed by atoms with Crippen LogP contribution >= 0.6 is 0 Å². The van der Waals surface area contributed by atoms with Crippen molar-refractivity contribution in [2.75, 3.05) is 0 Å². The number of carbonyl (C=O) groups excluding carboxylic acids is 1. The molecule has 102 valence electrons. The Morgan fingerprint density at radius 1 is 1.33 bits per heavy atom. The van der Waals surface area contributed by atoms with Crippen molar-refractivity contribution in [3.63, 3.8) is 0 Å². The van der Waals surface area contributed by atoms with E-state index in [0.29, 0.717) is 6.41 Å². The lowest BCUT2D eigenvalue weighted by molar-refractivity contribution is -0.244. The SMILES string of the molecule is CC(C)(C)ON(C=O)C1C2CCC(C2)C1C(=O)O. The minimum absolute atomic E-state index is 0.198. The van der Waals surface area contributed by atoms with Gasteiger partial charge in [-0.3, -0.25) is 14.4 Å². The van der Waals surface area contributed by atoms with Crippen LogP contribution in [0.25, 0.3) is 0 Å². The molecule has 0 aromatic carbocycles. The molecule has 2 aliphatic carbocycles. The number of hydrogen-bond acceptors (Lipinski definition) is 3. The third-order valence-corrected chi connectivity index (χ3v) is 3.93. The van der Waals surface area contributed by atoms with Crippen LogP contribution in [0.2, 0.25) is 0 Å². The lowest BCUT2D eigenvalue weighted by Gasteiger charge is -2.37. The standard InChI is InChI=1S/C13H21NO4/c1-13(2,3)18-14(7-15)11-9-5-4-8(6-9)10(11)12(16)17/h7-11H,4-6H2,1-3H3,(H,16,17). The number of hydrogen-bond donors (Lipinski definition) is 1. The van der Waals surface area contributed by atoms with E-state index in [1.807, 2.05) is 20.8 Å². The van der Waals surface area contributed by atoms with E-state index in [4.69, 9.17) is 4.84 Å². The van der Waals surface area contributed by atoms with Gasteiger partial charge in [-0.25, -0.2) is 5.06 Å². The van der Waals surface area contributed by atoms with Gasteiger partial charge in [0.25, 0.3) is 0 Å². The molecule has 0 aromatic heterocycles. The van der Waals surface area contributed by atoms with Gasteiger partial charge in [-0.2, -0.15) is 0 Å². The van der Waals surface area contributed by atoms with Gasteiger partial charge in [-0.1, -0.05) is 0 Å². The molecule has 2 aliphatic rings. The van der Waals surface area contributed by atoms with Gasteiger partial charge in [-0.05, 0) is 51.9 Å². The number of aliphatic carboxylic acids is 1. The number of fused-ring (bicyclic) bond motifs is 2. The first kappa shape index (κ1) is 13.3. The van der Waals surface area contributed by atoms with Crippen LogP contribution in [0.5, 0.6) is 0 Å². The molecule has 5 nitrogen and oxygen atoms in total. The van der Waals surface area contributed by atoms with Gasteiger partial charge in [0, 0.05) is 0 Å². The number of hydroxylamine groups is 2.